The number of hydrogen-bond acceptors (Lipinski definition) is 1. The lowest BCUT2D eigenvalue weighted by atomic mass is 9.83. The first-order chi connectivity index (χ1) is 11.1. The van der Waals surface area contributed by atoms with Gasteiger partial charge >= 0.3 is 0 Å². The molecule has 3 aromatic rings. The molecule has 1 N–H and O–H groups in total. The van der Waals surface area contributed by atoms with E-state index in [0.29, 0.717) is 6.42 Å². The Bertz CT molecular complexity index is 932. The molecule has 3 aromatic carbocycles. The molecule has 0 aliphatic carbocycles. The predicted molar refractivity (Wildman–Crippen MR) is 95.2 cm³/mol. The quantitative estimate of drug-likeness (QED) is 0.649. The van der Waals surface area contributed by atoms with Crippen molar-refractivity contribution in [2.45, 2.75) is 19.3 Å². The van der Waals surface area contributed by atoms with Gasteiger partial charge in [0.1, 0.15) is 0 Å². The van der Waals surface area contributed by atoms with Gasteiger partial charge in [0, 0.05) is 22.7 Å². The number of carbonyl (C=O) groups excluding carboxylic acids is 1. The van der Waals surface area contributed by atoms with Crippen LogP contribution in [0.15, 0.2) is 54.6 Å². The average molecular weight is 322 g/mol. The molecule has 0 bridgehead atoms. The lowest BCUT2D eigenvalue weighted by Crippen LogP contribution is -2.24. The molecule has 1 heterocycles. The molecule has 0 aromatic heterocycles. The van der Waals surface area contributed by atoms with Gasteiger partial charge in [-0.3, -0.25) is 4.79 Å². The van der Waals surface area contributed by atoms with Crippen LogP contribution in [0.5, 0.6) is 0 Å². The summed E-state index contributed by atoms with van der Waals surface area (Å²) in [6.07, 6.45) is 0.425. The van der Waals surface area contributed by atoms with Crippen LogP contribution in [0.2, 0.25) is 5.02 Å². The number of carbonyl (C=O) groups is 1. The zero-order valence-electron chi connectivity index (χ0n) is 12.8. The fourth-order valence-electron chi connectivity index (χ4n) is 3.41. The van der Waals surface area contributed by atoms with Gasteiger partial charge in [-0.2, -0.15) is 0 Å². The van der Waals surface area contributed by atoms with Gasteiger partial charge in [-0.25, -0.2) is 0 Å². The summed E-state index contributed by atoms with van der Waals surface area (Å²) in [6.45, 7) is 2.05. The number of rotatable bonds is 1. The smallest absolute Gasteiger partial charge is 0.225 e. The van der Waals surface area contributed by atoms with Crippen LogP contribution in [0.4, 0.5) is 5.69 Å². The Morgan fingerprint density at radius 2 is 1.87 bits per heavy atom. The Labute approximate surface area is 140 Å². The van der Waals surface area contributed by atoms with Crippen LogP contribution >= 0.6 is 11.6 Å². The van der Waals surface area contributed by atoms with Crippen molar-refractivity contribution in [3.63, 3.8) is 0 Å². The lowest BCUT2D eigenvalue weighted by molar-refractivity contribution is -0.116. The van der Waals surface area contributed by atoms with Crippen LogP contribution in [0.1, 0.15) is 29.0 Å². The Morgan fingerprint density at radius 3 is 2.74 bits per heavy atom. The highest BCUT2D eigenvalue weighted by Gasteiger charge is 2.29. The van der Waals surface area contributed by atoms with Crippen molar-refractivity contribution in [2.24, 2.45) is 0 Å². The first-order valence-electron chi connectivity index (χ1n) is 7.71. The molecule has 1 amide bonds. The first-order valence-corrected chi connectivity index (χ1v) is 8.09. The van der Waals surface area contributed by atoms with Crippen molar-refractivity contribution < 1.29 is 4.79 Å². The van der Waals surface area contributed by atoms with Crippen LogP contribution in [0.3, 0.4) is 0 Å². The molecule has 0 radical (unpaired) electrons. The third-order valence-corrected chi connectivity index (χ3v) is 4.86. The number of nitrogens with one attached hydrogen (secondary N) is 1. The molecular formula is C20H16ClNO. The third kappa shape index (κ3) is 2.40. The van der Waals surface area contributed by atoms with Crippen LogP contribution in [-0.2, 0) is 4.79 Å². The summed E-state index contributed by atoms with van der Waals surface area (Å²) >= 11 is 6.43. The van der Waals surface area contributed by atoms with E-state index in [0.717, 1.165) is 38.2 Å². The van der Waals surface area contributed by atoms with E-state index in [9.17, 15) is 4.79 Å². The zero-order chi connectivity index (χ0) is 16.0. The van der Waals surface area contributed by atoms with Crippen LogP contribution in [-0.4, -0.2) is 5.91 Å². The van der Waals surface area contributed by atoms with Gasteiger partial charge in [0.15, 0.2) is 0 Å². The Kier molecular flexibility index (Phi) is 3.35. The summed E-state index contributed by atoms with van der Waals surface area (Å²) in [5, 5.41) is 5.97. The highest BCUT2D eigenvalue weighted by Crippen LogP contribution is 2.42. The molecule has 2 nitrogen and oxygen atoms in total. The summed E-state index contributed by atoms with van der Waals surface area (Å²) in [6, 6.07) is 18.3. The van der Waals surface area contributed by atoms with Gasteiger partial charge in [-0.1, -0.05) is 65.7 Å². The largest absolute Gasteiger partial charge is 0.325 e. The SMILES string of the molecule is Cc1ccc(Cl)c(C2CC(=O)Nc3c2ccc2ccccc32)c1. The molecular weight excluding hydrogens is 306 g/mol. The minimum Gasteiger partial charge on any atom is -0.325 e. The molecule has 1 unspecified atom stereocenters. The summed E-state index contributed by atoms with van der Waals surface area (Å²) < 4.78 is 0. The molecule has 1 atom stereocenters. The second-order valence-corrected chi connectivity index (χ2v) is 6.49. The van der Waals surface area contributed by atoms with Gasteiger partial charge in [-0.05, 0) is 29.5 Å². The zero-order valence-corrected chi connectivity index (χ0v) is 13.5. The van der Waals surface area contributed by atoms with E-state index in [1.54, 1.807) is 0 Å². The fourth-order valence-corrected chi connectivity index (χ4v) is 3.66. The molecule has 0 saturated carbocycles. The molecule has 114 valence electrons. The molecule has 23 heavy (non-hydrogen) atoms. The Hall–Kier alpha value is -2.32. The number of hydrogen-bond donors (Lipinski definition) is 1. The van der Waals surface area contributed by atoms with Gasteiger partial charge in [0.25, 0.3) is 0 Å². The molecule has 0 fully saturated rings. The van der Waals surface area contributed by atoms with E-state index in [-0.39, 0.29) is 11.8 Å². The van der Waals surface area contributed by atoms with Gasteiger partial charge in [-0.15, -0.1) is 0 Å². The molecule has 3 heteroatoms. The van der Waals surface area contributed by atoms with E-state index in [2.05, 4.69) is 35.6 Å². The number of halogens is 1. The summed E-state index contributed by atoms with van der Waals surface area (Å²) in [5.74, 6) is 0.0344. The summed E-state index contributed by atoms with van der Waals surface area (Å²) in [5.41, 5.74) is 4.23. The molecule has 1 aliphatic rings. The number of anilines is 1. The minimum absolute atomic E-state index is 0.00393. The van der Waals surface area contributed by atoms with E-state index in [4.69, 9.17) is 11.6 Å². The predicted octanol–water partition coefficient (Wildman–Crippen LogP) is 5.28. The number of aryl methyl sites for hydroxylation is 1. The monoisotopic (exact) mass is 321 g/mol. The van der Waals surface area contributed by atoms with Crippen molar-refractivity contribution in [2.75, 3.05) is 5.32 Å². The molecule has 0 spiro atoms. The Balaban J connectivity index is 1.97. The highest BCUT2D eigenvalue weighted by atomic mass is 35.5. The van der Waals surface area contributed by atoms with Crippen molar-refractivity contribution in [1.29, 1.82) is 0 Å². The van der Waals surface area contributed by atoms with Crippen LogP contribution in [0.25, 0.3) is 10.8 Å². The topological polar surface area (TPSA) is 29.1 Å². The second-order valence-electron chi connectivity index (χ2n) is 6.08. The van der Waals surface area contributed by atoms with Crippen molar-refractivity contribution in [3.05, 3.63) is 76.3 Å². The summed E-state index contributed by atoms with van der Waals surface area (Å²) in [7, 11) is 0. The van der Waals surface area contributed by atoms with Gasteiger partial charge in [0.2, 0.25) is 5.91 Å². The maximum Gasteiger partial charge on any atom is 0.225 e. The summed E-state index contributed by atoms with van der Waals surface area (Å²) in [4.78, 5) is 12.3. The standard InChI is InChI=1S/C20H16ClNO/c1-12-6-9-18(21)17(10-12)16-11-19(23)22-20-14-5-3-2-4-13(14)7-8-15(16)20/h2-10,16H,11H2,1H3,(H,22,23). The molecule has 0 saturated heterocycles. The number of fused-ring (bicyclic) bond motifs is 3. The minimum atomic E-state index is -0.00393. The van der Waals surface area contributed by atoms with E-state index in [1.165, 1.54) is 0 Å². The van der Waals surface area contributed by atoms with Crippen molar-refractivity contribution >= 4 is 34.0 Å². The van der Waals surface area contributed by atoms with Crippen molar-refractivity contribution in [3.8, 4) is 0 Å². The maximum absolute atomic E-state index is 12.3. The normalized spacial score (nSPS) is 17.0. The second kappa shape index (κ2) is 5.39. The van der Waals surface area contributed by atoms with E-state index < -0.39 is 0 Å². The third-order valence-electron chi connectivity index (χ3n) is 4.52. The molecule has 4 rings (SSSR count). The maximum atomic E-state index is 12.3. The Morgan fingerprint density at radius 1 is 1.04 bits per heavy atom. The van der Waals surface area contributed by atoms with Crippen LogP contribution < -0.4 is 5.32 Å². The van der Waals surface area contributed by atoms with Crippen LogP contribution in [0, 0.1) is 6.92 Å². The molecule has 1 aliphatic heterocycles. The van der Waals surface area contributed by atoms with Gasteiger partial charge < -0.3 is 5.32 Å². The number of amides is 1. The van der Waals surface area contributed by atoms with E-state index >= 15 is 0 Å². The first kappa shape index (κ1) is 14.3. The fraction of sp³-hybridized carbons (Fsp3) is 0.150. The highest BCUT2D eigenvalue weighted by molar-refractivity contribution is 6.31. The lowest BCUT2D eigenvalue weighted by Gasteiger charge is -2.28. The number of benzene rings is 3. The van der Waals surface area contributed by atoms with E-state index in [1.807, 2.05) is 31.2 Å². The average Bonchev–Trinajstić information content (AvgIpc) is 2.56. The van der Waals surface area contributed by atoms with Gasteiger partial charge in [0.05, 0.1) is 5.69 Å². The van der Waals surface area contributed by atoms with Crippen molar-refractivity contribution in [1.82, 2.24) is 0 Å².